The third kappa shape index (κ3) is 4.59. The second-order valence-corrected chi connectivity index (χ2v) is 8.11. The van der Waals surface area contributed by atoms with Crippen molar-refractivity contribution in [3.8, 4) is 5.75 Å². The zero-order valence-corrected chi connectivity index (χ0v) is 19.1. The maximum Gasteiger partial charge on any atom is 0.331 e. The van der Waals surface area contributed by atoms with Crippen LogP contribution in [0.5, 0.6) is 5.75 Å². The Bertz CT molecular complexity index is 1480. The van der Waals surface area contributed by atoms with Gasteiger partial charge in [-0.15, -0.1) is 0 Å². The zero-order valence-electron chi connectivity index (χ0n) is 18.3. The molecule has 34 heavy (non-hydrogen) atoms. The molecule has 0 spiro atoms. The molecule has 0 bridgehead atoms. The largest absolute Gasteiger partial charge is 0.495 e. The first-order chi connectivity index (χ1) is 16.4. The summed E-state index contributed by atoms with van der Waals surface area (Å²) < 4.78 is 7.94. The predicted octanol–water partition coefficient (Wildman–Crippen LogP) is 3.24. The van der Waals surface area contributed by atoms with Crippen molar-refractivity contribution in [2.45, 2.75) is 19.5 Å². The van der Waals surface area contributed by atoms with Gasteiger partial charge in [0.1, 0.15) is 5.75 Å². The molecule has 0 aliphatic carbocycles. The normalized spacial score (nSPS) is 10.9. The molecular weight excluding hydrogens is 458 g/mol. The van der Waals surface area contributed by atoms with Gasteiger partial charge in [0.05, 0.1) is 29.6 Å². The minimum absolute atomic E-state index is 0.181. The Morgan fingerprint density at radius 3 is 2.38 bits per heavy atom. The van der Waals surface area contributed by atoms with Crippen LogP contribution in [-0.2, 0) is 19.5 Å². The lowest BCUT2D eigenvalue weighted by Crippen LogP contribution is -2.40. The van der Waals surface area contributed by atoms with E-state index >= 15 is 0 Å². The third-order valence-corrected chi connectivity index (χ3v) is 5.93. The molecule has 0 saturated heterocycles. The van der Waals surface area contributed by atoms with Gasteiger partial charge < -0.3 is 4.74 Å². The van der Waals surface area contributed by atoms with Gasteiger partial charge >= 0.3 is 5.69 Å². The predicted molar refractivity (Wildman–Crippen MR) is 129 cm³/mol. The molecule has 4 rings (SSSR count). The fourth-order valence-electron chi connectivity index (χ4n) is 3.84. The first-order valence-electron chi connectivity index (χ1n) is 10.5. The van der Waals surface area contributed by atoms with Gasteiger partial charge in [-0.2, -0.15) is 0 Å². The van der Waals surface area contributed by atoms with Crippen LogP contribution in [-0.4, -0.2) is 27.4 Å². The van der Waals surface area contributed by atoms with E-state index in [1.165, 1.54) is 11.7 Å². The SMILES string of the molecule is COc1ccc(CCn2c(=O)c3ccccc3n(Cc3ccc(C(=O)NO)cc3)c2=O)cc1Cl. The molecule has 0 aliphatic heterocycles. The van der Waals surface area contributed by atoms with Crippen LogP contribution in [0.2, 0.25) is 5.02 Å². The highest BCUT2D eigenvalue weighted by molar-refractivity contribution is 6.32. The van der Waals surface area contributed by atoms with E-state index in [9.17, 15) is 14.4 Å². The molecule has 174 valence electrons. The van der Waals surface area contributed by atoms with E-state index in [2.05, 4.69) is 0 Å². The lowest BCUT2D eigenvalue weighted by atomic mass is 10.1. The van der Waals surface area contributed by atoms with Gasteiger partial charge in [0.25, 0.3) is 11.5 Å². The number of aromatic nitrogens is 2. The number of hydroxylamine groups is 1. The van der Waals surface area contributed by atoms with E-state index in [4.69, 9.17) is 21.5 Å². The Kier molecular flexibility index (Phi) is 6.81. The molecule has 0 aliphatic rings. The second-order valence-electron chi connectivity index (χ2n) is 7.70. The summed E-state index contributed by atoms with van der Waals surface area (Å²) in [6.45, 7) is 0.385. The Balaban J connectivity index is 1.71. The van der Waals surface area contributed by atoms with E-state index in [0.29, 0.717) is 28.1 Å². The van der Waals surface area contributed by atoms with Crippen molar-refractivity contribution in [1.29, 1.82) is 0 Å². The number of nitrogens with one attached hydrogen (secondary N) is 1. The van der Waals surface area contributed by atoms with Gasteiger partial charge in [-0.3, -0.25) is 23.9 Å². The molecule has 1 heterocycles. The van der Waals surface area contributed by atoms with Crippen molar-refractivity contribution >= 4 is 28.4 Å². The van der Waals surface area contributed by atoms with E-state index < -0.39 is 11.6 Å². The number of halogens is 1. The average molecular weight is 480 g/mol. The Morgan fingerprint density at radius 2 is 1.71 bits per heavy atom. The van der Waals surface area contributed by atoms with Crippen LogP contribution < -0.4 is 21.5 Å². The van der Waals surface area contributed by atoms with Crippen LogP contribution in [0.15, 0.2) is 76.3 Å². The molecule has 0 radical (unpaired) electrons. The number of fused-ring (bicyclic) bond motifs is 1. The highest BCUT2D eigenvalue weighted by atomic mass is 35.5. The fraction of sp³-hybridized carbons (Fsp3) is 0.160. The van der Waals surface area contributed by atoms with Crippen LogP contribution in [0, 0.1) is 0 Å². The number of amides is 1. The monoisotopic (exact) mass is 479 g/mol. The Hall–Kier alpha value is -3.88. The van der Waals surface area contributed by atoms with Crippen LogP contribution in [0.25, 0.3) is 10.9 Å². The summed E-state index contributed by atoms with van der Waals surface area (Å²) in [6.07, 6.45) is 0.433. The van der Waals surface area contributed by atoms with Crippen LogP contribution in [0.1, 0.15) is 21.5 Å². The lowest BCUT2D eigenvalue weighted by Gasteiger charge is -2.15. The topological polar surface area (TPSA) is 103 Å². The molecule has 1 amide bonds. The summed E-state index contributed by atoms with van der Waals surface area (Å²) in [6, 6.07) is 18.8. The molecule has 3 aromatic carbocycles. The minimum Gasteiger partial charge on any atom is -0.495 e. The number of para-hydroxylation sites is 1. The molecule has 1 aromatic heterocycles. The highest BCUT2D eigenvalue weighted by Gasteiger charge is 2.14. The summed E-state index contributed by atoms with van der Waals surface area (Å²) in [5, 5.41) is 9.68. The zero-order chi connectivity index (χ0) is 24.2. The van der Waals surface area contributed by atoms with Crippen LogP contribution in [0.3, 0.4) is 0 Å². The number of carbonyl (C=O) groups excluding carboxylic acids is 1. The van der Waals surface area contributed by atoms with Gasteiger partial charge in [0.15, 0.2) is 0 Å². The first kappa shape index (κ1) is 23.3. The second kappa shape index (κ2) is 9.94. The molecule has 0 unspecified atom stereocenters. The summed E-state index contributed by atoms with van der Waals surface area (Å²) in [5.41, 5.74) is 3.24. The van der Waals surface area contributed by atoms with Crippen LogP contribution in [0.4, 0.5) is 0 Å². The summed E-state index contributed by atoms with van der Waals surface area (Å²) in [5.74, 6) is -0.0699. The van der Waals surface area contributed by atoms with Crippen molar-refractivity contribution < 1.29 is 14.7 Å². The van der Waals surface area contributed by atoms with Crippen molar-refractivity contribution in [3.05, 3.63) is 109 Å². The maximum atomic E-state index is 13.4. The van der Waals surface area contributed by atoms with Gasteiger partial charge in [-0.1, -0.05) is 41.9 Å². The molecule has 8 nitrogen and oxygen atoms in total. The maximum absolute atomic E-state index is 13.4. The van der Waals surface area contributed by atoms with Gasteiger partial charge in [-0.05, 0) is 53.9 Å². The summed E-state index contributed by atoms with van der Waals surface area (Å²) in [4.78, 5) is 38.1. The summed E-state index contributed by atoms with van der Waals surface area (Å²) >= 11 is 6.21. The number of rotatable bonds is 7. The fourth-order valence-corrected chi connectivity index (χ4v) is 4.12. The smallest absolute Gasteiger partial charge is 0.331 e. The average Bonchev–Trinajstić information content (AvgIpc) is 2.86. The van der Waals surface area contributed by atoms with Crippen LogP contribution >= 0.6 is 11.6 Å². The highest BCUT2D eigenvalue weighted by Crippen LogP contribution is 2.25. The quantitative estimate of drug-likeness (QED) is 0.313. The van der Waals surface area contributed by atoms with Crippen molar-refractivity contribution in [2.24, 2.45) is 0 Å². The van der Waals surface area contributed by atoms with Crippen molar-refractivity contribution in [3.63, 3.8) is 0 Å². The number of hydrogen-bond donors (Lipinski definition) is 2. The van der Waals surface area contributed by atoms with Crippen molar-refractivity contribution in [2.75, 3.05) is 7.11 Å². The van der Waals surface area contributed by atoms with Crippen molar-refractivity contribution in [1.82, 2.24) is 14.6 Å². The number of methoxy groups -OCH3 is 1. The Morgan fingerprint density at radius 1 is 1.00 bits per heavy atom. The molecule has 2 N–H and O–H groups in total. The number of benzene rings is 3. The lowest BCUT2D eigenvalue weighted by molar-refractivity contribution is 0.0706. The number of aryl methyl sites for hydroxylation is 1. The molecule has 0 fully saturated rings. The van der Waals surface area contributed by atoms with E-state index in [1.807, 2.05) is 6.07 Å². The number of hydrogen-bond acceptors (Lipinski definition) is 5. The van der Waals surface area contributed by atoms with E-state index in [0.717, 1.165) is 11.1 Å². The first-order valence-corrected chi connectivity index (χ1v) is 10.9. The summed E-state index contributed by atoms with van der Waals surface area (Å²) in [7, 11) is 1.53. The molecule has 0 saturated carbocycles. The number of carbonyl (C=O) groups is 1. The number of nitrogens with zero attached hydrogens (tertiary/aromatic N) is 2. The van der Waals surface area contributed by atoms with Gasteiger partial charge in [0.2, 0.25) is 0 Å². The third-order valence-electron chi connectivity index (χ3n) is 5.63. The standard InChI is InChI=1S/C25H22ClN3O5/c1-34-22-11-8-16(14-20(22)26)12-13-28-24(31)19-4-2-3-5-21(19)29(25(28)32)15-17-6-9-18(10-7-17)23(30)27-33/h2-11,14,33H,12-13,15H2,1H3,(H,27,30). The number of ether oxygens (including phenoxy) is 1. The molecular formula is C25H22ClN3O5. The minimum atomic E-state index is -0.624. The van der Waals surface area contributed by atoms with E-state index in [1.54, 1.807) is 70.7 Å². The Labute approximate surface area is 199 Å². The van der Waals surface area contributed by atoms with E-state index in [-0.39, 0.29) is 24.2 Å². The molecule has 4 aromatic rings. The molecule has 0 atom stereocenters. The molecule has 9 heteroatoms. The van der Waals surface area contributed by atoms with Gasteiger partial charge in [-0.25, -0.2) is 10.3 Å². The van der Waals surface area contributed by atoms with Gasteiger partial charge in [0, 0.05) is 12.1 Å².